The molecule has 1 aromatic heterocycles. The maximum absolute atomic E-state index is 14.1. The third-order valence-corrected chi connectivity index (χ3v) is 2.95. The molecule has 2 heterocycles. The summed E-state index contributed by atoms with van der Waals surface area (Å²) in [5.74, 6) is -0.303. The first-order valence-corrected chi connectivity index (χ1v) is 5.46. The Kier molecular flexibility index (Phi) is 3.24. The lowest BCUT2D eigenvalue weighted by atomic mass is 10.1. The fourth-order valence-corrected chi connectivity index (χ4v) is 2.06. The van der Waals surface area contributed by atoms with Crippen molar-refractivity contribution in [3.05, 3.63) is 17.8 Å². The van der Waals surface area contributed by atoms with Crippen molar-refractivity contribution in [2.75, 3.05) is 31.7 Å². The lowest BCUT2D eigenvalue weighted by Crippen LogP contribution is -2.33. The highest BCUT2D eigenvalue weighted by Gasteiger charge is 2.39. The van der Waals surface area contributed by atoms with E-state index in [2.05, 4.69) is 9.97 Å². The van der Waals surface area contributed by atoms with E-state index in [1.54, 1.807) is 11.8 Å². The first-order chi connectivity index (χ1) is 8.06. The molecule has 0 saturated carbocycles. The molecule has 0 aliphatic carbocycles. The monoisotopic (exact) mass is 243 g/mol. The number of rotatable bonds is 3. The van der Waals surface area contributed by atoms with Gasteiger partial charge < -0.3 is 9.64 Å². The standard InChI is InChI=1S/C11H15F2N3O/c1-8-9(12)10(15-7-14-8)16-4-3-11(13,5-16)6-17-2/h7H,3-6H2,1-2H3. The summed E-state index contributed by atoms with van der Waals surface area (Å²) in [6, 6.07) is 0. The number of methoxy groups -OCH3 is 1. The van der Waals surface area contributed by atoms with Crippen LogP contribution < -0.4 is 4.90 Å². The molecule has 0 aromatic carbocycles. The van der Waals surface area contributed by atoms with Crippen molar-refractivity contribution in [3.8, 4) is 0 Å². The smallest absolute Gasteiger partial charge is 0.186 e. The lowest BCUT2D eigenvalue weighted by molar-refractivity contribution is 0.0570. The number of hydrogen-bond donors (Lipinski definition) is 0. The molecule has 1 aliphatic heterocycles. The Bertz CT molecular complexity index is 416. The van der Waals surface area contributed by atoms with Crippen LogP contribution in [0.2, 0.25) is 0 Å². The average molecular weight is 243 g/mol. The predicted octanol–water partition coefficient (Wildman–Crippen LogP) is 1.49. The Hall–Kier alpha value is -1.30. The van der Waals surface area contributed by atoms with E-state index < -0.39 is 11.5 Å². The van der Waals surface area contributed by atoms with Gasteiger partial charge in [-0.15, -0.1) is 0 Å². The van der Waals surface area contributed by atoms with Gasteiger partial charge in [-0.2, -0.15) is 0 Å². The molecular formula is C11H15F2N3O. The van der Waals surface area contributed by atoms with Crippen LogP contribution in [0.1, 0.15) is 12.1 Å². The van der Waals surface area contributed by atoms with E-state index in [9.17, 15) is 8.78 Å². The van der Waals surface area contributed by atoms with Crippen LogP contribution in [0.5, 0.6) is 0 Å². The molecule has 94 valence electrons. The molecule has 0 N–H and O–H groups in total. The highest BCUT2D eigenvalue weighted by atomic mass is 19.1. The van der Waals surface area contributed by atoms with Crippen molar-refractivity contribution in [1.82, 2.24) is 9.97 Å². The van der Waals surface area contributed by atoms with Crippen LogP contribution in [-0.2, 0) is 4.74 Å². The molecule has 1 fully saturated rings. The van der Waals surface area contributed by atoms with Crippen LogP contribution in [0.3, 0.4) is 0 Å². The molecule has 4 nitrogen and oxygen atoms in total. The summed E-state index contributed by atoms with van der Waals surface area (Å²) in [6.07, 6.45) is 1.62. The minimum Gasteiger partial charge on any atom is -0.381 e. The Morgan fingerprint density at radius 2 is 2.29 bits per heavy atom. The second-order valence-electron chi connectivity index (χ2n) is 4.35. The maximum Gasteiger partial charge on any atom is 0.186 e. The molecule has 17 heavy (non-hydrogen) atoms. The van der Waals surface area contributed by atoms with Crippen LogP contribution in [0.25, 0.3) is 0 Å². The minimum atomic E-state index is -1.42. The van der Waals surface area contributed by atoms with Crippen LogP contribution >= 0.6 is 0 Å². The van der Waals surface area contributed by atoms with Gasteiger partial charge in [0.25, 0.3) is 0 Å². The van der Waals surface area contributed by atoms with Gasteiger partial charge >= 0.3 is 0 Å². The average Bonchev–Trinajstić information content (AvgIpc) is 2.65. The minimum absolute atomic E-state index is 0.0230. The van der Waals surface area contributed by atoms with Crippen molar-refractivity contribution in [3.63, 3.8) is 0 Å². The summed E-state index contributed by atoms with van der Waals surface area (Å²) in [5.41, 5.74) is -1.14. The quantitative estimate of drug-likeness (QED) is 0.806. The van der Waals surface area contributed by atoms with Crippen LogP contribution in [-0.4, -0.2) is 42.4 Å². The highest BCUT2D eigenvalue weighted by molar-refractivity contribution is 5.42. The Labute approximate surface area is 98.6 Å². The van der Waals surface area contributed by atoms with Crippen LogP contribution in [0.4, 0.5) is 14.6 Å². The van der Waals surface area contributed by atoms with Crippen molar-refractivity contribution < 1.29 is 13.5 Å². The van der Waals surface area contributed by atoms with E-state index in [4.69, 9.17) is 4.74 Å². The molecule has 1 unspecified atom stereocenters. The molecule has 1 saturated heterocycles. The third-order valence-electron chi connectivity index (χ3n) is 2.95. The number of halogens is 2. The van der Waals surface area contributed by atoms with Gasteiger partial charge in [0.05, 0.1) is 18.8 Å². The van der Waals surface area contributed by atoms with Gasteiger partial charge in [0.1, 0.15) is 6.33 Å². The van der Waals surface area contributed by atoms with E-state index in [1.165, 1.54) is 13.4 Å². The fourth-order valence-electron chi connectivity index (χ4n) is 2.06. The third kappa shape index (κ3) is 2.36. The Morgan fingerprint density at radius 3 is 3.00 bits per heavy atom. The summed E-state index contributed by atoms with van der Waals surface area (Å²) in [6.45, 7) is 2.13. The number of alkyl halides is 1. The SMILES string of the molecule is COCC1(F)CCN(c2ncnc(C)c2F)C1. The van der Waals surface area contributed by atoms with Crippen molar-refractivity contribution >= 4 is 5.82 Å². The normalized spacial score (nSPS) is 24.4. The molecule has 1 atom stereocenters. The van der Waals surface area contributed by atoms with Gasteiger partial charge in [-0.25, -0.2) is 18.7 Å². The van der Waals surface area contributed by atoms with E-state index in [0.29, 0.717) is 13.0 Å². The van der Waals surface area contributed by atoms with E-state index in [-0.39, 0.29) is 24.7 Å². The summed E-state index contributed by atoms with van der Waals surface area (Å²) in [7, 11) is 1.46. The number of hydrogen-bond acceptors (Lipinski definition) is 4. The Morgan fingerprint density at radius 1 is 1.53 bits per heavy atom. The van der Waals surface area contributed by atoms with Crippen LogP contribution in [0.15, 0.2) is 6.33 Å². The number of ether oxygens (including phenoxy) is 1. The summed E-state index contributed by atoms with van der Waals surface area (Å²) >= 11 is 0. The number of aromatic nitrogens is 2. The van der Waals surface area contributed by atoms with Gasteiger partial charge in [-0.1, -0.05) is 0 Å². The van der Waals surface area contributed by atoms with E-state index in [1.807, 2.05) is 0 Å². The molecule has 0 spiro atoms. The van der Waals surface area contributed by atoms with Gasteiger partial charge in [0.2, 0.25) is 0 Å². The molecular weight excluding hydrogens is 228 g/mol. The van der Waals surface area contributed by atoms with Crippen molar-refractivity contribution in [2.45, 2.75) is 19.0 Å². The zero-order valence-electron chi connectivity index (χ0n) is 9.91. The molecule has 0 radical (unpaired) electrons. The van der Waals surface area contributed by atoms with Gasteiger partial charge in [0.15, 0.2) is 17.3 Å². The van der Waals surface area contributed by atoms with Gasteiger partial charge in [-0.3, -0.25) is 0 Å². The van der Waals surface area contributed by atoms with Crippen molar-refractivity contribution in [2.24, 2.45) is 0 Å². The largest absolute Gasteiger partial charge is 0.381 e. The first-order valence-electron chi connectivity index (χ1n) is 5.46. The van der Waals surface area contributed by atoms with E-state index in [0.717, 1.165) is 0 Å². The molecule has 0 amide bonds. The number of aryl methyl sites for hydroxylation is 1. The predicted molar refractivity (Wildman–Crippen MR) is 59.3 cm³/mol. The number of nitrogens with zero attached hydrogens (tertiary/aromatic N) is 3. The topological polar surface area (TPSA) is 38.2 Å². The molecule has 0 bridgehead atoms. The summed E-state index contributed by atoms with van der Waals surface area (Å²) in [5, 5.41) is 0. The zero-order valence-corrected chi connectivity index (χ0v) is 9.91. The fraction of sp³-hybridized carbons (Fsp3) is 0.636. The van der Waals surface area contributed by atoms with Gasteiger partial charge in [0, 0.05) is 20.1 Å². The molecule has 2 rings (SSSR count). The molecule has 1 aromatic rings. The van der Waals surface area contributed by atoms with Gasteiger partial charge in [-0.05, 0) is 6.92 Å². The van der Waals surface area contributed by atoms with Crippen LogP contribution in [0, 0.1) is 12.7 Å². The molecule has 6 heteroatoms. The summed E-state index contributed by atoms with van der Waals surface area (Å²) in [4.78, 5) is 9.23. The lowest BCUT2D eigenvalue weighted by Gasteiger charge is -2.21. The first kappa shape index (κ1) is 12.2. The van der Waals surface area contributed by atoms with E-state index >= 15 is 0 Å². The second kappa shape index (κ2) is 4.52. The molecule has 1 aliphatic rings. The second-order valence-corrected chi connectivity index (χ2v) is 4.35. The Balaban J connectivity index is 2.18. The zero-order chi connectivity index (χ0) is 12.5. The maximum atomic E-state index is 14.1. The van der Waals surface area contributed by atoms with Crippen molar-refractivity contribution in [1.29, 1.82) is 0 Å². The number of anilines is 1. The summed E-state index contributed by atoms with van der Waals surface area (Å²) < 4.78 is 32.8. The highest BCUT2D eigenvalue weighted by Crippen LogP contribution is 2.30.